The highest BCUT2D eigenvalue weighted by Gasteiger charge is 2.42. The largest absolute Gasteiger partial charge is 0.391 e. The maximum Gasteiger partial charge on any atom is 0.0771 e. The fourth-order valence-electron chi connectivity index (χ4n) is 2.91. The van der Waals surface area contributed by atoms with Crippen molar-refractivity contribution >= 4 is 27.3 Å². The molecule has 0 spiro atoms. The van der Waals surface area contributed by atoms with E-state index in [4.69, 9.17) is 0 Å². The van der Waals surface area contributed by atoms with Crippen molar-refractivity contribution in [2.24, 2.45) is 0 Å². The quantitative estimate of drug-likeness (QED) is 0.921. The van der Waals surface area contributed by atoms with E-state index in [0.717, 1.165) is 23.7 Å². The average molecular weight is 318 g/mol. The molecule has 2 nitrogen and oxygen atoms in total. The highest BCUT2D eigenvalue weighted by atomic mass is 79.9. The van der Waals surface area contributed by atoms with Gasteiger partial charge in [-0.05, 0) is 48.9 Å². The SMILES string of the molecule is CN(C)C1(C(O)Cc2cc(Br)cs2)CCCC1. The molecule has 1 aromatic heterocycles. The molecule has 0 radical (unpaired) electrons. The number of hydrogen-bond donors (Lipinski definition) is 1. The molecule has 1 atom stereocenters. The molecule has 1 unspecified atom stereocenters. The van der Waals surface area contributed by atoms with Crippen LogP contribution in [0.4, 0.5) is 0 Å². The standard InChI is InChI=1S/C13H20BrNOS/c1-15(2)13(5-3-4-6-13)12(16)8-11-7-10(14)9-17-11/h7,9,12,16H,3-6,8H2,1-2H3. The zero-order valence-electron chi connectivity index (χ0n) is 10.4. The van der Waals surface area contributed by atoms with Crippen LogP contribution >= 0.6 is 27.3 Å². The van der Waals surface area contributed by atoms with Crippen LogP contribution in [0.25, 0.3) is 0 Å². The third-order valence-electron chi connectivity index (χ3n) is 4.00. The van der Waals surface area contributed by atoms with Crippen LogP contribution in [-0.2, 0) is 6.42 Å². The number of hydrogen-bond acceptors (Lipinski definition) is 3. The minimum atomic E-state index is -0.259. The van der Waals surface area contributed by atoms with Crippen molar-refractivity contribution in [2.45, 2.75) is 43.7 Å². The third-order valence-corrected chi connectivity index (χ3v) is 5.72. The Kier molecular flexibility index (Phi) is 4.29. The molecule has 1 aliphatic rings. The maximum absolute atomic E-state index is 10.6. The van der Waals surface area contributed by atoms with E-state index in [-0.39, 0.29) is 11.6 Å². The Hall–Kier alpha value is 0.1000. The molecular weight excluding hydrogens is 298 g/mol. The minimum absolute atomic E-state index is 0.00351. The van der Waals surface area contributed by atoms with E-state index in [2.05, 4.69) is 46.4 Å². The summed E-state index contributed by atoms with van der Waals surface area (Å²) in [5, 5.41) is 12.7. The number of aliphatic hydroxyl groups is 1. The molecule has 1 saturated carbocycles. The van der Waals surface area contributed by atoms with Crippen molar-refractivity contribution in [1.82, 2.24) is 4.90 Å². The number of aliphatic hydroxyl groups excluding tert-OH is 1. The van der Waals surface area contributed by atoms with Gasteiger partial charge in [-0.25, -0.2) is 0 Å². The maximum atomic E-state index is 10.6. The normalized spacial score (nSPS) is 21.0. The van der Waals surface area contributed by atoms with Gasteiger partial charge in [-0.2, -0.15) is 0 Å². The first-order chi connectivity index (χ1) is 8.04. The van der Waals surface area contributed by atoms with E-state index in [0.29, 0.717) is 0 Å². The van der Waals surface area contributed by atoms with Gasteiger partial charge in [0, 0.05) is 26.7 Å². The Balaban J connectivity index is 2.09. The average Bonchev–Trinajstić information content (AvgIpc) is 2.87. The summed E-state index contributed by atoms with van der Waals surface area (Å²) >= 11 is 5.19. The van der Waals surface area contributed by atoms with Crippen molar-refractivity contribution in [2.75, 3.05) is 14.1 Å². The molecule has 0 saturated heterocycles. The third kappa shape index (κ3) is 2.75. The molecule has 1 fully saturated rings. The van der Waals surface area contributed by atoms with Crippen molar-refractivity contribution in [3.8, 4) is 0 Å². The van der Waals surface area contributed by atoms with Gasteiger partial charge in [-0.1, -0.05) is 12.8 Å². The molecule has 96 valence electrons. The molecule has 2 rings (SSSR count). The predicted octanol–water partition coefficient (Wildman–Crippen LogP) is 3.29. The summed E-state index contributed by atoms with van der Waals surface area (Å²) in [4.78, 5) is 3.49. The summed E-state index contributed by atoms with van der Waals surface area (Å²) in [6.45, 7) is 0. The summed E-state index contributed by atoms with van der Waals surface area (Å²) in [5.74, 6) is 0. The Labute approximate surface area is 116 Å². The first kappa shape index (κ1) is 13.5. The number of rotatable bonds is 4. The first-order valence-corrected chi connectivity index (χ1v) is 7.80. The van der Waals surface area contributed by atoms with E-state index in [1.165, 1.54) is 17.7 Å². The van der Waals surface area contributed by atoms with Gasteiger partial charge in [-0.3, -0.25) is 0 Å². The van der Waals surface area contributed by atoms with Crippen LogP contribution in [0.1, 0.15) is 30.6 Å². The minimum Gasteiger partial charge on any atom is -0.391 e. The van der Waals surface area contributed by atoms with E-state index in [1.54, 1.807) is 11.3 Å². The lowest BCUT2D eigenvalue weighted by molar-refractivity contribution is -0.00206. The molecular formula is C13H20BrNOS. The van der Waals surface area contributed by atoms with Crippen molar-refractivity contribution in [1.29, 1.82) is 0 Å². The monoisotopic (exact) mass is 317 g/mol. The van der Waals surface area contributed by atoms with Gasteiger partial charge >= 0.3 is 0 Å². The number of halogens is 1. The Bertz CT molecular complexity index is 371. The summed E-state index contributed by atoms with van der Waals surface area (Å²) in [7, 11) is 4.19. The van der Waals surface area contributed by atoms with Gasteiger partial charge in [0.1, 0.15) is 0 Å². The van der Waals surface area contributed by atoms with Gasteiger partial charge in [0.05, 0.1) is 6.10 Å². The highest BCUT2D eigenvalue weighted by molar-refractivity contribution is 9.10. The second-order valence-corrected chi connectivity index (χ2v) is 7.07. The fourth-order valence-corrected chi connectivity index (χ4v) is 4.40. The predicted molar refractivity (Wildman–Crippen MR) is 76.6 cm³/mol. The molecule has 1 heterocycles. The smallest absolute Gasteiger partial charge is 0.0771 e. The second-order valence-electron chi connectivity index (χ2n) is 5.16. The molecule has 1 aliphatic carbocycles. The van der Waals surface area contributed by atoms with Gasteiger partial charge in [0.25, 0.3) is 0 Å². The van der Waals surface area contributed by atoms with Crippen molar-refractivity contribution in [3.05, 3.63) is 20.8 Å². The van der Waals surface area contributed by atoms with Crippen molar-refractivity contribution in [3.63, 3.8) is 0 Å². The number of nitrogens with zero attached hydrogens (tertiary/aromatic N) is 1. The summed E-state index contributed by atoms with van der Waals surface area (Å²) in [6.07, 6.45) is 5.23. The van der Waals surface area contributed by atoms with Crippen LogP contribution in [0.2, 0.25) is 0 Å². The van der Waals surface area contributed by atoms with Crippen LogP contribution < -0.4 is 0 Å². The zero-order valence-corrected chi connectivity index (χ0v) is 12.9. The molecule has 1 aromatic rings. The van der Waals surface area contributed by atoms with Crippen LogP contribution in [-0.4, -0.2) is 35.7 Å². The van der Waals surface area contributed by atoms with Gasteiger partial charge < -0.3 is 10.0 Å². The summed E-state index contributed by atoms with van der Waals surface area (Å²) in [5.41, 5.74) is -0.00351. The van der Waals surface area contributed by atoms with E-state index in [9.17, 15) is 5.11 Å². The topological polar surface area (TPSA) is 23.5 Å². The van der Waals surface area contributed by atoms with E-state index in [1.807, 2.05) is 0 Å². The van der Waals surface area contributed by atoms with Crippen LogP contribution in [0.5, 0.6) is 0 Å². The van der Waals surface area contributed by atoms with Gasteiger partial charge in [0.15, 0.2) is 0 Å². The molecule has 4 heteroatoms. The lowest BCUT2D eigenvalue weighted by atomic mass is 9.87. The second kappa shape index (κ2) is 5.39. The molecule has 0 aromatic carbocycles. The molecule has 17 heavy (non-hydrogen) atoms. The van der Waals surface area contributed by atoms with Crippen LogP contribution in [0.15, 0.2) is 15.9 Å². The van der Waals surface area contributed by atoms with E-state index >= 15 is 0 Å². The summed E-state index contributed by atoms with van der Waals surface area (Å²) in [6, 6.07) is 2.12. The highest BCUT2D eigenvalue weighted by Crippen LogP contribution is 2.38. The van der Waals surface area contributed by atoms with E-state index < -0.39 is 0 Å². The lowest BCUT2D eigenvalue weighted by Gasteiger charge is -2.40. The van der Waals surface area contributed by atoms with Crippen molar-refractivity contribution < 1.29 is 5.11 Å². The molecule has 0 aliphatic heterocycles. The number of thiophene rings is 1. The van der Waals surface area contributed by atoms with Crippen LogP contribution in [0.3, 0.4) is 0 Å². The van der Waals surface area contributed by atoms with Gasteiger partial charge in [0.2, 0.25) is 0 Å². The Morgan fingerprint density at radius 1 is 1.47 bits per heavy atom. The zero-order chi connectivity index (χ0) is 12.5. The fraction of sp³-hybridized carbons (Fsp3) is 0.692. The molecule has 1 N–H and O–H groups in total. The lowest BCUT2D eigenvalue weighted by Crippen LogP contribution is -2.52. The summed E-state index contributed by atoms with van der Waals surface area (Å²) < 4.78 is 1.12. The van der Waals surface area contributed by atoms with Crippen LogP contribution in [0, 0.1) is 0 Å². The molecule has 0 amide bonds. The first-order valence-electron chi connectivity index (χ1n) is 6.13. The molecule has 0 bridgehead atoms. The Morgan fingerprint density at radius 2 is 2.12 bits per heavy atom. The number of likely N-dealkylation sites (N-methyl/N-ethyl adjacent to an activating group) is 1. The Morgan fingerprint density at radius 3 is 2.59 bits per heavy atom. The van der Waals surface area contributed by atoms with Gasteiger partial charge in [-0.15, -0.1) is 11.3 Å².